The lowest BCUT2D eigenvalue weighted by molar-refractivity contribution is -0.118. The summed E-state index contributed by atoms with van der Waals surface area (Å²) in [7, 11) is 1.59. The Morgan fingerprint density at radius 3 is 2.78 bits per heavy atom. The van der Waals surface area contributed by atoms with E-state index in [2.05, 4.69) is 22.5 Å². The van der Waals surface area contributed by atoms with Crippen LogP contribution in [-0.2, 0) is 10.3 Å². The smallest absolute Gasteiger partial charge is 0.252 e. The molecule has 0 saturated heterocycles. The number of carbonyl (C=O) groups is 1. The maximum Gasteiger partial charge on any atom is 0.252 e. The summed E-state index contributed by atoms with van der Waals surface area (Å²) in [6.45, 7) is 3.95. The van der Waals surface area contributed by atoms with Gasteiger partial charge in [-0.05, 0) is 66.3 Å². The van der Waals surface area contributed by atoms with E-state index in [9.17, 15) is 4.79 Å². The summed E-state index contributed by atoms with van der Waals surface area (Å²) < 4.78 is 5.08. The third-order valence-corrected chi connectivity index (χ3v) is 4.61. The first-order chi connectivity index (χ1) is 11.0. The molecule has 0 aromatic carbocycles. The standard InChI is InChI=1S/C19H18N2O2/c1-19(2,12-4-7-17(23-3)20-10-12)21-18(22)14-6-5-13-15-8-11(15)9-16(13)14/h4-7,9-10H,8H2,1-3H3,(H,21,22). The molecule has 116 valence electrons. The molecule has 0 spiro atoms. The molecule has 1 aromatic rings. The third-order valence-electron chi connectivity index (χ3n) is 4.61. The first-order valence-electron chi connectivity index (χ1n) is 7.69. The van der Waals surface area contributed by atoms with Crippen LogP contribution in [0.25, 0.3) is 0 Å². The van der Waals surface area contributed by atoms with E-state index in [1.807, 2.05) is 26.0 Å². The molecule has 1 amide bonds. The van der Waals surface area contributed by atoms with Crippen LogP contribution in [0.1, 0.15) is 25.8 Å². The minimum Gasteiger partial charge on any atom is -0.481 e. The summed E-state index contributed by atoms with van der Waals surface area (Å²) in [6, 6.07) is 3.73. The second kappa shape index (κ2) is 4.69. The average molecular weight is 306 g/mol. The molecule has 0 aliphatic heterocycles. The lowest BCUT2D eigenvalue weighted by Gasteiger charge is -2.27. The number of hydrogen-bond acceptors (Lipinski definition) is 3. The van der Waals surface area contributed by atoms with Crippen LogP contribution in [0.2, 0.25) is 0 Å². The summed E-state index contributed by atoms with van der Waals surface area (Å²) in [5, 5.41) is 3.11. The number of rotatable bonds is 4. The number of amides is 1. The van der Waals surface area contributed by atoms with Crippen molar-refractivity contribution >= 4 is 5.91 Å². The van der Waals surface area contributed by atoms with E-state index in [-0.39, 0.29) is 5.91 Å². The highest BCUT2D eigenvalue weighted by Gasteiger charge is 2.36. The Kier molecular flexibility index (Phi) is 2.85. The second-order valence-electron chi connectivity index (χ2n) is 6.57. The van der Waals surface area contributed by atoms with Gasteiger partial charge in [-0.1, -0.05) is 6.08 Å². The van der Waals surface area contributed by atoms with Gasteiger partial charge in [-0.3, -0.25) is 4.79 Å². The third kappa shape index (κ3) is 2.22. The van der Waals surface area contributed by atoms with Crippen LogP contribution in [0, 0.1) is 0 Å². The maximum absolute atomic E-state index is 12.7. The fraction of sp³-hybridized carbons (Fsp3) is 0.263. The Labute approximate surface area is 135 Å². The van der Waals surface area contributed by atoms with E-state index >= 15 is 0 Å². The number of nitrogens with one attached hydrogen (secondary N) is 1. The number of aromatic nitrogens is 1. The highest BCUT2D eigenvalue weighted by Crippen LogP contribution is 2.51. The van der Waals surface area contributed by atoms with Crippen molar-refractivity contribution < 1.29 is 9.53 Å². The molecule has 0 bridgehead atoms. The normalized spacial score (nSPS) is 18.0. The van der Waals surface area contributed by atoms with Crippen molar-refractivity contribution in [2.75, 3.05) is 7.11 Å². The minimum absolute atomic E-state index is 0.0502. The number of ether oxygens (including phenoxy) is 1. The molecule has 0 atom stereocenters. The number of methoxy groups -OCH3 is 1. The fourth-order valence-corrected chi connectivity index (χ4v) is 3.13. The topological polar surface area (TPSA) is 51.2 Å². The van der Waals surface area contributed by atoms with E-state index in [1.165, 1.54) is 16.7 Å². The monoisotopic (exact) mass is 306 g/mol. The summed E-state index contributed by atoms with van der Waals surface area (Å²) >= 11 is 0. The number of pyridine rings is 1. The zero-order valence-electron chi connectivity index (χ0n) is 13.4. The minimum atomic E-state index is -0.512. The van der Waals surface area contributed by atoms with Gasteiger partial charge in [0.15, 0.2) is 0 Å². The van der Waals surface area contributed by atoms with Crippen molar-refractivity contribution in [2.24, 2.45) is 0 Å². The van der Waals surface area contributed by atoms with Gasteiger partial charge >= 0.3 is 0 Å². The number of hydrogen-bond donors (Lipinski definition) is 1. The summed E-state index contributed by atoms with van der Waals surface area (Å²) in [6.07, 6.45) is 8.93. The Hall–Kier alpha value is -2.62. The lowest BCUT2D eigenvalue weighted by atomic mass is 9.95. The molecule has 0 unspecified atom stereocenters. The van der Waals surface area contributed by atoms with Crippen LogP contribution in [0.4, 0.5) is 0 Å². The molecular formula is C19H18N2O2. The Balaban J connectivity index is 1.56. The van der Waals surface area contributed by atoms with Crippen LogP contribution in [0.5, 0.6) is 5.88 Å². The van der Waals surface area contributed by atoms with E-state index in [4.69, 9.17) is 4.74 Å². The molecule has 3 aliphatic carbocycles. The van der Waals surface area contributed by atoms with E-state index < -0.39 is 5.54 Å². The number of nitrogens with zero attached hydrogens (tertiary/aromatic N) is 1. The van der Waals surface area contributed by atoms with Gasteiger partial charge in [-0.25, -0.2) is 4.98 Å². The van der Waals surface area contributed by atoms with Crippen molar-refractivity contribution in [3.05, 3.63) is 70.0 Å². The maximum atomic E-state index is 12.7. The Morgan fingerprint density at radius 1 is 1.26 bits per heavy atom. The molecule has 1 saturated carbocycles. The largest absolute Gasteiger partial charge is 0.481 e. The quantitative estimate of drug-likeness (QED) is 0.930. The number of carbonyl (C=O) groups excluding carboxylic acids is 1. The predicted octanol–water partition coefficient (Wildman–Crippen LogP) is 2.95. The summed E-state index contributed by atoms with van der Waals surface area (Å²) in [4.78, 5) is 16.9. The highest BCUT2D eigenvalue weighted by molar-refractivity contribution is 6.02. The van der Waals surface area contributed by atoms with Gasteiger partial charge in [-0.15, -0.1) is 0 Å². The average Bonchev–Trinajstić information content (AvgIpc) is 3.01. The van der Waals surface area contributed by atoms with Gasteiger partial charge in [0, 0.05) is 17.8 Å². The zero-order chi connectivity index (χ0) is 16.2. The van der Waals surface area contributed by atoms with Crippen LogP contribution in [0.15, 0.2) is 64.4 Å². The molecule has 23 heavy (non-hydrogen) atoms. The summed E-state index contributed by atoms with van der Waals surface area (Å²) in [5.41, 5.74) is 6.26. The van der Waals surface area contributed by atoms with Crippen LogP contribution >= 0.6 is 0 Å². The van der Waals surface area contributed by atoms with E-state index in [0.717, 1.165) is 23.1 Å². The van der Waals surface area contributed by atoms with Gasteiger partial charge in [0.05, 0.1) is 12.6 Å². The fourth-order valence-electron chi connectivity index (χ4n) is 3.13. The molecule has 4 nitrogen and oxygen atoms in total. The molecule has 1 fully saturated rings. The molecular weight excluding hydrogens is 288 g/mol. The molecule has 3 aliphatic rings. The molecule has 4 rings (SSSR count). The van der Waals surface area contributed by atoms with Crippen LogP contribution in [-0.4, -0.2) is 18.0 Å². The van der Waals surface area contributed by atoms with Crippen molar-refractivity contribution in [2.45, 2.75) is 25.8 Å². The Morgan fingerprint density at radius 2 is 2.09 bits per heavy atom. The molecule has 1 aromatic heterocycles. The van der Waals surface area contributed by atoms with Gasteiger partial charge in [0.2, 0.25) is 5.88 Å². The SMILES string of the molecule is COc1ccc(C(C)(C)NC(=O)C2=C3C=C4CC4=C3C=C2)cn1. The second-order valence-corrected chi connectivity index (χ2v) is 6.57. The van der Waals surface area contributed by atoms with Crippen LogP contribution in [0.3, 0.4) is 0 Å². The first-order valence-corrected chi connectivity index (χ1v) is 7.69. The molecule has 1 N–H and O–H groups in total. The predicted molar refractivity (Wildman–Crippen MR) is 87.8 cm³/mol. The first kappa shape index (κ1) is 14.0. The summed E-state index contributed by atoms with van der Waals surface area (Å²) in [5.74, 6) is 0.512. The van der Waals surface area contributed by atoms with Crippen molar-refractivity contribution in [3.8, 4) is 5.88 Å². The van der Waals surface area contributed by atoms with Gasteiger partial charge in [0.25, 0.3) is 5.91 Å². The van der Waals surface area contributed by atoms with Crippen LogP contribution < -0.4 is 10.1 Å². The van der Waals surface area contributed by atoms with Crippen molar-refractivity contribution in [1.29, 1.82) is 0 Å². The van der Waals surface area contributed by atoms with E-state index in [1.54, 1.807) is 19.4 Å². The van der Waals surface area contributed by atoms with Gasteiger partial charge in [-0.2, -0.15) is 0 Å². The molecule has 0 radical (unpaired) electrons. The lowest BCUT2D eigenvalue weighted by Crippen LogP contribution is -2.41. The Bertz CT molecular complexity index is 837. The zero-order valence-corrected chi connectivity index (χ0v) is 13.4. The number of allylic oxidation sites excluding steroid dienone is 6. The molecule has 4 heteroatoms. The number of fused-ring (bicyclic) bond motifs is 2. The van der Waals surface area contributed by atoms with Gasteiger partial charge < -0.3 is 10.1 Å². The van der Waals surface area contributed by atoms with E-state index in [0.29, 0.717) is 5.88 Å². The molecule has 1 heterocycles. The van der Waals surface area contributed by atoms with Crippen molar-refractivity contribution in [1.82, 2.24) is 10.3 Å². The highest BCUT2D eigenvalue weighted by atomic mass is 16.5. The van der Waals surface area contributed by atoms with Crippen molar-refractivity contribution in [3.63, 3.8) is 0 Å². The van der Waals surface area contributed by atoms with Gasteiger partial charge in [0.1, 0.15) is 0 Å².